The Morgan fingerprint density at radius 1 is 1.11 bits per heavy atom. The minimum Gasteiger partial charge on any atom is -0.0985 e. The summed E-state index contributed by atoms with van der Waals surface area (Å²) in [5.74, 6) is 0. The van der Waals surface area contributed by atoms with Gasteiger partial charge in [-0.1, -0.05) is 43.0 Å². The Morgan fingerprint density at radius 3 is 2.00 bits per heavy atom. The topological polar surface area (TPSA) is 0 Å². The third-order valence-corrected chi connectivity index (χ3v) is 1.04. The van der Waals surface area contributed by atoms with Gasteiger partial charge < -0.3 is 0 Å². The van der Waals surface area contributed by atoms with Gasteiger partial charge in [-0.15, -0.1) is 0 Å². The van der Waals surface area contributed by atoms with Crippen LogP contribution in [-0.4, -0.2) is 23.1 Å². The molecular formula is C8H10Mg. The van der Waals surface area contributed by atoms with E-state index in [9.17, 15) is 0 Å². The molecule has 1 rings (SSSR count). The maximum atomic E-state index is 3.63. The Morgan fingerprint density at radius 2 is 1.67 bits per heavy atom. The summed E-state index contributed by atoms with van der Waals surface area (Å²) in [5, 5.41) is 0. The van der Waals surface area contributed by atoms with Crippen LogP contribution in [0.4, 0.5) is 0 Å². The molecule has 0 aliphatic carbocycles. The number of rotatable bonds is 1. The first-order valence-corrected chi connectivity index (χ1v) is 2.61. The molecule has 44 valence electrons. The molecule has 0 aliphatic rings. The zero-order valence-electron chi connectivity index (χ0n) is 4.67. The fourth-order valence-electron chi connectivity index (χ4n) is 0.589. The van der Waals surface area contributed by atoms with Crippen molar-refractivity contribution in [3.05, 3.63) is 42.5 Å². The van der Waals surface area contributed by atoms with E-state index in [1.54, 1.807) is 0 Å². The molecule has 0 aromatic heterocycles. The smallest absolute Gasteiger partial charge is 0.0985 e. The van der Waals surface area contributed by atoms with E-state index in [1.165, 1.54) is 5.56 Å². The molecular weight excluding hydrogens is 120 g/mol. The lowest BCUT2D eigenvalue weighted by Gasteiger charge is -1.85. The molecule has 0 bridgehead atoms. The fraction of sp³-hybridized carbons (Fsp3) is 0. The van der Waals surface area contributed by atoms with Gasteiger partial charge >= 0.3 is 23.1 Å². The average Bonchev–Trinajstić information content (AvgIpc) is 1.90. The lowest BCUT2D eigenvalue weighted by molar-refractivity contribution is 1.67. The van der Waals surface area contributed by atoms with Gasteiger partial charge in [0.2, 0.25) is 0 Å². The van der Waals surface area contributed by atoms with Crippen molar-refractivity contribution in [3.8, 4) is 0 Å². The third-order valence-electron chi connectivity index (χ3n) is 1.04. The summed E-state index contributed by atoms with van der Waals surface area (Å²) in [4.78, 5) is 0. The Labute approximate surface area is 71.7 Å². The van der Waals surface area contributed by atoms with Crippen molar-refractivity contribution >= 4 is 29.1 Å². The predicted molar refractivity (Wildman–Crippen MR) is 45.1 cm³/mol. The molecule has 0 nitrogen and oxygen atoms in total. The molecule has 0 atom stereocenters. The standard InChI is InChI=1S/C8H8.Mg.2H/c1-2-8-6-4-3-5-7-8;;;/h2-7H,1H2;;;. The van der Waals surface area contributed by atoms with E-state index < -0.39 is 0 Å². The Kier molecular flexibility index (Phi) is 4.45. The van der Waals surface area contributed by atoms with Crippen molar-refractivity contribution in [1.82, 2.24) is 0 Å². The highest BCUT2D eigenvalue weighted by atomic mass is 24.3. The Balaban J connectivity index is 0.000000640. The van der Waals surface area contributed by atoms with Crippen molar-refractivity contribution < 1.29 is 0 Å². The second-order valence-electron chi connectivity index (χ2n) is 1.61. The van der Waals surface area contributed by atoms with Gasteiger partial charge in [-0.05, 0) is 5.56 Å². The monoisotopic (exact) mass is 130 g/mol. The van der Waals surface area contributed by atoms with Crippen LogP contribution < -0.4 is 0 Å². The average molecular weight is 130 g/mol. The minimum atomic E-state index is 0. The zero-order valence-corrected chi connectivity index (χ0v) is 4.67. The van der Waals surface area contributed by atoms with E-state index in [-0.39, 0.29) is 23.1 Å². The molecule has 0 spiro atoms. The van der Waals surface area contributed by atoms with Crippen LogP contribution >= 0.6 is 0 Å². The first-order chi connectivity index (χ1) is 3.93. The van der Waals surface area contributed by atoms with Gasteiger partial charge in [0.25, 0.3) is 0 Å². The molecule has 0 saturated carbocycles. The molecule has 1 aromatic carbocycles. The summed E-state index contributed by atoms with van der Waals surface area (Å²) >= 11 is 0. The summed E-state index contributed by atoms with van der Waals surface area (Å²) in [6.45, 7) is 3.63. The zero-order chi connectivity index (χ0) is 5.82. The molecule has 0 N–H and O–H groups in total. The molecule has 0 unspecified atom stereocenters. The first kappa shape index (κ1) is 8.73. The van der Waals surface area contributed by atoms with Crippen LogP contribution in [0.2, 0.25) is 0 Å². The molecule has 0 saturated heterocycles. The lowest BCUT2D eigenvalue weighted by Crippen LogP contribution is -1.63. The first-order valence-electron chi connectivity index (χ1n) is 2.61. The van der Waals surface area contributed by atoms with E-state index in [0.717, 1.165) is 0 Å². The van der Waals surface area contributed by atoms with Crippen LogP contribution in [0.15, 0.2) is 36.9 Å². The van der Waals surface area contributed by atoms with Crippen LogP contribution in [0.3, 0.4) is 0 Å². The molecule has 1 aromatic rings. The van der Waals surface area contributed by atoms with E-state index in [0.29, 0.717) is 0 Å². The lowest BCUT2D eigenvalue weighted by atomic mass is 10.2. The van der Waals surface area contributed by atoms with Crippen molar-refractivity contribution in [1.29, 1.82) is 0 Å². The van der Waals surface area contributed by atoms with Gasteiger partial charge in [-0.3, -0.25) is 0 Å². The third kappa shape index (κ3) is 2.68. The number of benzene rings is 1. The fourth-order valence-corrected chi connectivity index (χ4v) is 0.589. The van der Waals surface area contributed by atoms with Crippen LogP contribution in [0.5, 0.6) is 0 Å². The highest BCUT2D eigenvalue weighted by Crippen LogP contribution is 1.97. The van der Waals surface area contributed by atoms with Crippen molar-refractivity contribution in [2.75, 3.05) is 0 Å². The molecule has 0 aliphatic heterocycles. The van der Waals surface area contributed by atoms with Crippen LogP contribution in [0.25, 0.3) is 6.08 Å². The maximum Gasteiger partial charge on any atom is 0.316 e. The summed E-state index contributed by atoms with van der Waals surface area (Å²) in [6, 6.07) is 10.0. The van der Waals surface area contributed by atoms with E-state index in [4.69, 9.17) is 0 Å². The van der Waals surface area contributed by atoms with Gasteiger partial charge in [0.15, 0.2) is 0 Å². The van der Waals surface area contributed by atoms with Gasteiger partial charge in [0.1, 0.15) is 0 Å². The van der Waals surface area contributed by atoms with Crippen LogP contribution in [0, 0.1) is 0 Å². The highest BCUT2D eigenvalue weighted by Gasteiger charge is 1.75. The van der Waals surface area contributed by atoms with Crippen molar-refractivity contribution in [2.45, 2.75) is 0 Å². The largest absolute Gasteiger partial charge is 0.316 e. The van der Waals surface area contributed by atoms with Crippen LogP contribution in [0.1, 0.15) is 5.56 Å². The van der Waals surface area contributed by atoms with E-state index in [2.05, 4.69) is 6.58 Å². The maximum absolute atomic E-state index is 3.63. The SMILES string of the molecule is C=Cc1ccccc1.[MgH2]. The predicted octanol–water partition coefficient (Wildman–Crippen LogP) is 1.41. The van der Waals surface area contributed by atoms with Gasteiger partial charge in [-0.25, -0.2) is 0 Å². The summed E-state index contributed by atoms with van der Waals surface area (Å²) in [7, 11) is 0. The van der Waals surface area contributed by atoms with E-state index >= 15 is 0 Å². The molecule has 0 fully saturated rings. The van der Waals surface area contributed by atoms with Crippen LogP contribution in [-0.2, 0) is 0 Å². The molecule has 0 amide bonds. The Bertz CT molecular complexity index is 167. The molecule has 1 heteroatoms. The molecule has 9 heavy (non-hydrogen) atoms. The summed E-state index contributed by atoms with van der Waals surface area (Å²) in [6.07, 6.45) is 1.83. The second kappa shape index (κ2) is 4.59. The van der Waals surface area contributed by atoms with Crippen molar-refractivity contribution in [3.63, 3.8) is 0 Å². The minimum absolute atomic E-state index is 0. The van der Waals surface area contributed by atoms with Crippen molar-refractivity contribution in [2.24, 2.45) is 0 Å². The highest BCUT2D eigenvalue weighted by molar-refractivity contribution is 5.75. The van der Waals surface area contributed by atoms with Gasteiger partial charge in [0, 0.05) is 0 Å². The van der Waals surface area contributed by atoms with Gasteiger partial charge in [0.05, 0.1) is 0 Å². The quantitative estimate of drug-likeness (QED) is 0.505. The molecule has 0 heterocycles. The normalized spacial score (nSPS) is 7.56. The van der Waals surface area contributed by atoms with Gasteiger partial charge in [-0.2, -0.15) is 0 Å². The second-order valence-corrected chi connectivity index (χ2v) is 1.61. The summed E-state index contributed by atoms with van der Waals surface area (Å²) < 4.78 is 0. The number of hydrogen-bond donors (Lipinski definition) is 0. The summed E-state index contributed by atoms with van der Waals surface area (Å²) in [5.41, 5.74) is 1.17. The van der Waals surface area contributed by atoms with E-state index in [1.807, 2.05) is 36.4 Å². The molecule has 0 radical (unpaired) electrons. The Hall–Kier alpha value is -0.274. The number of hydrogen-bond acceptors (Lipinski definition) is 0.